The number of ether oxygens (including phenoxy) is 3. The van der Waals surface area contributed by atoms with Gasteiger partial charge in [-0.2, -0.15) is 10.4 Å². The van der Waals surface area contributed by atoms with E-state index in [0.29, 0.717) is 18.8 Å². The van der Waals surface area contributed by atoms with Crippen molar-refractivity contribution < 1.29 is 23.0 Å². The maximum absolute atomic E-state index is 15.1. The molecule has 9 nitrogen and oxygen atoms in total. The van der Waals surface area contributed by atoms with Crippen LogP contribution in [0.15, 0.2) is 48.9 Å². The Morgan fingerprint density at radius 3 is 2.65 bits per heavy atom. The van der Waals surface area contributed by atoms with Gasteiger partial charge >= 0.3 is 0 Å². The first kappa shape index (κ1) is 24.3. The number of rotatable bonds is 7. The molecule has 2 aromatic heterocycles. The molecule has 4 aromatic rings. The summed E-state index contributed by atoms with van der Waals surface area (Å²) in [6, 6.07) is 10.1. The van der Waals surface area contributed by atoms with Crippen LogP contribution in [0.1, 0.15) is 30.1 Å². The highest BCUT2D eigenvalue weighted by atomic mass is 19.1. The van der Waals surface area contributed by atoms with Crippen molar-refractivity contribution in [2.24, 2.45) is 7.05 Å². The summed E-state index contributed by atoms with van der Waals surface area (Å²) in [6.07, 6.45) is 4.72. The summed E-state index contributed by atoms with van der Waals surface area (Å²) in [5.74, 6) is -0.895. The van der Waals surface area contributed by atoms with Crippen LogP contribution in [0.5, 0.6) is 17.2 Å². The van der Waals surface area contributed by atoms with Crippen molar-refractivity contribution in [1.29, 1.82) is 5.26 Å². The van der Waals surface area contributed by atoms with Crippen molar-refractivity contribution in [2.45, 2.75) is 25.5 Å². The lowest BCUT2D eigenvalue weighted by Gasteiger charge is -2.23. The molecule has 190 valence electrons. The molecular formula is C26H24F2N6O3. The van der Waals surface area contributed by atoms with Crippen molar-refractivity contribution in [3.8, 4) is 34.6 Å². The number of nitrogens with zero attached hydrogens (tertiary/aromatic N) is 5. The number of benzene rings is 2. The molecule has 0 radical (unpaired) electrons. The van der Waals surface area contributed by atoms with Gasteiger partial charge in [-0.1, -0.05) is 0 Å². The maximum Gasteiger partial charge on any atom is 0.166 e. The first-order valence-corrected chi connectivity index (χ1v) is 11.6. The average molecular weight is 507 g/mol. The Morgan fingerprint density at radius 1 is 1.16 bits per heavy atom. The van der Waals surface area contributed by atoms with Crippen molar-refractivity contribution in [3.63, 3.8) is 0 Å². The number of nitrogen functional groups attached to an aromatic ring is 1. The third-order valence-corrected chi connectivity index (χ3v) is 6.18. The molecule has 1 saturated heterocycles. The Hall–Kier alpha value is -4.43. The summed E-state index contributed by atoms with van der Waals surface area (Å²) >= 11 is 0. The molecule has 0 atom stereocenters. The fraction of sp³-hybridized carbons (Fsp3) is 0.269. The topological polar surface area (TPSA) is 113 Å². The van der Waals surface area contributed by atoms with Gasteiger partial charge in [0.05, 0.1) is 24.3 Å². The predicted molar refractivity (Wildman–Crippen MR) is 130 cm³/mol. The van der Waals surface area contributed by atoms with Gasteiger partial charge < -0.3 is 24.5 Å². The monoisotopic (exact) mass is 506 g/mol. The molecule has 0 amide bonds. The van der Waals surface area contributed by atoms with Gasteiger partial charge in [0.2, 0.25) is 0 Å². The van der Waals surface area contributed by atoms with Crippen molar-refractivity contribution in [2.75, 3.05) is 18.9 Å². The molecule has 1 aliphatic rings. The number of aromatic nitrogens is 4. The van der Waals surface area contributed by atoms with Gasteiger partial charge in [-0.15, -0.1) is 0 Å². The summed E-state index contributed by atoms with van der Waals surface area (Å²) in [5.41, 5.74) is 7.85. The van der Waals surface area contributed by atoms with E-state index in [1.165, 1.54) is 24.3 Å². The molecule has 2 aromatic carbocycles. The molecule has 5 rings (SSSR count). The maximum atomic E-state index is 15.1. The summed E-state index contributed by atoms with van der Waals surface area (Å²) < 4.78 is 49.4. The van der Waals surface area contributed by atoms with E-state index in [0.717, 1.165) is 24.6 Å². The minimum atomic E-state index is -0.706. The number of anilines is 1. The van der Waals surface area contributed by atoms with Crippen molar-refractivity contribution >= 4 is 5.82 Å². The molecule has 0 spiro atoms. The van der Waals surface area contributed by atoms with Gasteiger partial charge in [-0.3, -0.25) is 0 Å². The molecule has 37 heavy (non-hydrogen) atoms. The highest BCUT2D eigenvalue weighted by molar-refractivity contribution is 5.73. The molecule has 1 aliphatic heterocycles. The lowest BCUT2D eigenvalue weighted by Crippen LogP contribution is -2.21. The Labute approximate surface area is 211 Å². The smallest absolute Gasteiger partial charge is 0.166 e. The largest absolute Gasteiger partial charge is 0.487 e. The first-order chi connectivity index (χ1) is 17.9. The third kappa shape index (κ3) is 5.10. The van der Waals surface area contributed by atoms with Gasteiger partial charge in [0.1, 0.15) is 47.1 Å². The predicted octanol–water partition coefficient (Wildman–Crippen LogP) is 4.74. The van der Waals surface area contributed by atoms with Crippen LogP contribution in [0, 0.1) is 23.0 Å². The zero-order chi connectivity index (χ0) is 25.9. The Bertz CT molecular complexity index is 1470. The zero-order valence-electron chi connectivity index (χ0n) is 20.0. The summed E-state index contributed by atoms with van der Waals surface area (Å²) in [7, 11) is 1.82. The van der Waals surface area contributed by atoms with Gasteiger partial charge in [0, 0.05) is 44.0 Å². The lowest BCUT2D eigenvalue weighted by atomic mass is 10.1. The molecule has 0 aliphatic carbocycles. The van der Waals surface area contributed by atoms with E-state index in [4.69, 9.17) is 19.9 Å². The average Bonchev–Trinajstić information content (AvgIpc) is 3.46. The number of nitriles is 1. The normalized spacial score (nSPS) is 13.9. The number of hydrogen-bond donors (Lipinski definition) is 1. The number of halogens is 2. The van der Waals surface area contributed by atoms with E-state index in [2.05, 4.69) is 16.2 Å². The standard InChI is InChI=1S/C26H24F2N6O3/c1-33-15-31-13-19(33)14-36-20-9-17(27)10-21(11-20)37-24-3-2-16(8-23(24)28)25-22(12-29)26(30)34(32-25)18-4-6-35-7-5-18/h2-3,8-11,13,15,18H,4-7,14,30H2,1H3. The fourth-order valence-electron chi connectivity index (χ4n) is 4.19. The number of hydrogen-bond acceptors (Lipinski definition) is 7. The lowest BCUT2D eigenvalue weighted by molar-refractivity contribution is 0.0669. The summed E-state index contributed by atoms with van der Waals surface area (Å²) in [5, 5.41) is 14.2. The minimum absolute atomic E-state index is 0.00401. The Kier molecular flexibility index (Phi) is 6.74. The quantitative estimate of drug-likeness (QED) is 0.385. The van der Waals surface area contributed by atoms with Gasteiger partial charge in [-0.05, 0) is 31.0 Å². The second kappa shape index (κ2) is 10.3. The van der Waals surface area contributed by atoms with Crippen LogP contribution in [0.25, 0.3) is 11.3 Å². The van der Waals surface area contributed by atoms with E-state index in [-0.39, 0.29) is 47.0 Å². The van der Waals surface area contributed by atoms with Crippen LogP contribution < -0.4 is 15.2 Å². The van der Waals surface area contributed by atoms with Crippen molar-refractivity contribution in [3.05, 3.63) is 71.8 Å². The van der Waals surface area contributed by atoms with Gasteiger partial charge in [0.15, 0.2) is 11.6 Å². The molecule has 2 N–H and O–H groups in total. The van der Waals surface area contributed by atoms with E-state index >= 15 is 4.39 Å². The number of aryl methyl sites for hydroxylation is 1. The molecule has 0 unspecified atom stereocenters. The van der Waals surface area contributed by atoms with E-state index in [1.807, 2.05) is 7.05 Å². The van der Waals surface area contributed by atoms with Crippen LogP contribution >= 0.6 is 0 Å². The first-order valence-electron chi connectivity index (χ1n) is 11.6. The van der Waals surface area contributed by atoms with E-state index in [1.54, 1.807) is 27.8 Å². The van der Waals surface area contributed by atoms with Crippen LogP contribution in [0.2, 0.25) is 0 Å². The van der Waals surface area contributed by atoms with E-state index < -0.39 is 11.6 Å². The number of imidazole rings is 1. The Morgan fingerprint density at radius 2 is 1.95 bits per heavy atom. The van der Waals surface area contributed by atoms with Gasteiger partial charge in [0.25, 0.3) is 0 Å². The SMILES string of the molecule is Cn1cncc1COc1cc(F)cc(Oc2ccc(-c3nn(C4CCOCC4)c(N)c3C#N)cc2F)c1. The second-order valence-electron chi connectivity index (χ2n) is 8.66. The third-order valence-electron chi connectivity index (χ3n) is 6.18. The molecule has 3 heterocycles. The van der Waals surface area contributed by atoms with E-state index in [9.17, 15) is 9.65 Å². The second-order valence-corrected chi connectivity index (χ2v) is 8.66. The summed E-state index contributed by atoms with van der Waals surface area (Å²) in [6.45, 7) is 1.34. The van der Waals surface area contributed by atoms with Gasteiger partial charge in [-0.25, -0.2) is 18.4 Å². The van der Waals surface area contributed by atoms with Crippen LogP contribution in [-0.2, 0) is 18.4 Å². The number of nitrogens with two attached hydrogens (primary N) is 1. The Balaban J connectivity index is 1.37. The molecular weight excluding hydrogens is 482 g/mol. The zero-order valence-corrected chi connectivity index (χ0v) is 20.0. The van der Waals surface area contributed by atoms with Crippen LogP contribution in [0.3, 0.4) is 0 Å². The van der Waals surface area contributed by atoms with Crippen LogP contribution in [0.4, 0.5) is 14.6 Å². The minimum Gasteiger partial charge on any atom is -0.487 e. The molecule has 1 fully saturated rings. The fourth-order valence-corrected chi connectivity index (χ4v) is 4.19. The molecule has 11 heteroatoms. The molecule has 0 saturated carbocycles. The van der Waals surface area contributed by atoms with Crippen LogP contribution in [-0.4, -0.2) is 32.5 Å². The highest BCUT2D eigenvalue weighted by Gasteiger charge is 2.24. The molecule has 0 bridgehead atoms. The summed E-state index contributed by atoms with van der Waals surface area (Å²) in [4.78, 5) is 4.01. The van der Waals surface area contributed by atoms with Crippen molar-refractivity contribution in [1.82, 2.24) is 19.3 Å². The highest BCUT2D eigenvalue weighted by Crippen LogP contribution is 2.35.